The molecule has 19 heavy (non-hydrogen) atoms. The van der Waals surface area contributed by atoms with E-state index in [1.807, 2.05) is 7.05 Å². The molecule has 1 saturated heterocycles. The van der Waals surface area contributed by atoms with Crippen LogP contribution < -0.4 is 5.32 Å². The summed E-state index contributed by atoms with van der Waals surface area (Å²) in [5.74, 6) is 0.598. The molecule has 3 nitrogen and oxygen atoms in total. The maximum atomic E-state index is 9.66. The first-order valence-corrected chi connectivity index (χ1v) is 7.12. The fraction of sp³-hybridized carbons (Fsp3) is 0.625. The molecule has 0 aliphatic carbocycles. The Kier molecular flexibility index (Phi) is 4.61. The second kappa shape index (κ2) is 6.04. The molecule has 2 N–H and O–H groups in total. The predicted octanol–water partition coefficient (Wildman–Crippen LogP) is 2.47. The van der Waals surface area contributed by atoms with Crippen LogP contribution in [0.4, 0.5) is 0 Å². The normalized spacial score (nSPS) is 20.6. The lowest BCUT2D eigenvalue weighted by atomic mass is 9.75. The molecule has 1 fully saturated rings. The van der Waals surface area contributed by atoms with Gasteiger partial charge < -0.3 is 15.2 Å². The molecule has 2 atom stereocenters. The molecule has 106 valence electrons. The van der Waals surface area contributed by atoms with Crippen LogP contribution in [0.25, 0.3) is 0 Å². The standard InChI is InChI=1S/C16H25NO2/c1-4-12(2)13-5-7-14(8-6-13)15(17-3)16(9-18)10-19-11-16/h5-8,12,15,17-18H,4,9-11H2,1-3H3. The lowest BCUT2D eigenvalue weighted by Crippen LogP contribution is -2.53. The monoisotopic (exact) mass is 263 g/mol. The van der Waals surface area contributed by atoms with Crippen molar-refractivity contribution in [3.8, 4) is 0 Å². The van der Waals surface area contributed by atoms with Gasteiger partial charge in [-0.3, -0.25) is 0 Å². The highest BCUT2D eigenvalue weighted by molar-refractivity contribution is 5.29. The van der Waals surface area contributed by atoms with E-state index in [1.165, 1.54) is 11.1 Å². The first kappa shape index (κ1) is 14.5. The average molecular weight is 263 g/mol. The second-order valence-corrected chi connectivity index (χ2v) is 5.71. The van der Waals surface area contributed by atoms with Gasteiger partial charge in [-0.25, -0.2) is 0 Å². The van der Waals surface area contributed by atoms with E-state index in [0.29, 0.717) is 19.1 Å². The van der Waals surface area contributed by atoms with Gasteiger partial charge in [0.25, 0.3) is 0 Å². The number of hydrogen-bond acceptors (Lipinski definition) is 3. The van der Waals surface area contributed by atoms with Crippen molar-refractivity contribution in [3.63, 3.8) is 0 Å². The molecule has 0 spiro atoms. The molecule has 1 aliphatic rings. The first-order valence-electron chi connectivity index (χ1n) is 7.12. The Labute approximate surface area is 116 Å². The Morgan fingerprint density at radius 1 is 1.26 bits per heavy atom. The van der Waals surface area contributed by atoms with Crippen LogP contribution in [-0.4, -0.2) is 32.0 Å². The summed E-state index contributed by atoms with van der Waals surface area (Å²) >= 11 is 0. The van der Waals surface area contributed by atoms with Gasteiger partial charge in [0.15, 0.2) is 0 Å². The number of benzene rings is 1. The maximum Gasteiger partial charge on any atom is 0.0596 e. The van der Waals surface area contributed by atoms with Crippen molar-refractivity contribution in [1.29, 1.82) is 0 Å². The minimum absolute atomic E-state index is 0.150. The van der Waals surface area contributed by atoms with E-state index in [-0.39, 0.29) is 18.1 Å². The van der Waals surface area contributed by atoms with Crippen LogP contribution in [0.5, 0.6) is 0 Å². The summed E-state index contributed by atoms with van der Waals surface area (Å²) in [7, 11) is 1.95. The minimum Gasteiger partial charge on any atom is -0.396 e. The van der Waals surface area contributed by atoms with Gasteiger partial charge >= 0.3 is 0 Å². The molecule has 2 rings (SSSR count). The van der Waals surface area contributed by atoms with E-state index in [9.17, 15) is 5.11 Å². The molecule has 3 heteroatoms. The van der Waals surface area contributed by atoms with E-state index in [4.69, 9.17) is 4.74 Å². The average Bonchev–Trinajstić information content (AvgIpc) is 2.42. The van der Waals surface area contributed by atoms with Crippen molar-refractivity contribution in [1.82, 2.24) is 5.32 Å². The smallest absolute Gasteiger partial charge is 0.0596 e. The third-order valence-corrected chi connectivity index (χ3v) is 4.45. The summed E-state index contributed by atoms with van der Waals surface area (Å²) < 4.78 is 5.31. The number of aliphatic hydroxyl groups is 1. The zero-order valence-electron chi connectivity index (χ0n) is 12.1. The van der Waals surface area contributed by atoms with Crippen molar-refractivity contribution < 1.29 is 9.84 Å². The number of hydrogen-bond donors (Lipinski definition) is 2. The Morgan fingerprint density at radius 3 is 2.21 bits per heavy atom. The van der Waals surface area contributed by atoms with Crippen molar-refractivity contribution in [2.75, 3.05) is 26.9 Å². The fourth-order valence-electron chi connectivity index (χ4n) is 2.79. The zero-order valence-corrected chi connectivity index (χ0v) is 12.1. The zero-order chi connectivity index (χ0) is 13.9. The van der Waals surface area contributed by atoms with E-state index >= 15 is 0 Å². The Balaban J connectivity index is 2.19. The molecule has 1 aliphatic heterocycles. The van der Waals surface area contributed by atoms with Crippen LogP contribution >= 0.6 is 0 Å². The highest BCUT2D eigenvalue weighted by Crippen LogP contribution is 2.40. The molecular formula is C16H25NO2. The topological polar surface area (TPSA) is 41.5 Å². The van der Waals surface area contributed by atoms with Crippen molar-refractivity contribution >= 4 is 0 Å². The van der Waals surface area contributed by atoms with Gasteiger partial charge in [-0.15, -0.1) is 0 Å². The van der Waals surface area contributed by atoms with Crippen LogP contribution in [0.15, 0.2) is 24.3 Å². The molecule has 1 aromatic rings. The largest absolute Gasteiger partial charge is 0.396 e. The van der Waals surface area contributed by atoms with Crippen molar-refractivity contribution in [2.45, 2.75) is 32.2 Å². The van der Waals surface area contributed by atoms with Crippen LogP contribution in [0.3, 0.4) is 0 Å². The Hall–Kier alpha value is -0.900. The van der Waals surface area contributed by atoms with Crippen LogP contribution in [0.1, 0.15) is 43.4 Å². The molecule has 1 heterocycles. The number of nitrogens with one attached hydrogen (secondary N) is 1. The molecular weight excluding hydrogens is 238 g/mol. The Bertz CT molecular complexity index is 392. The molecule has 0 bridgehead atoms. The van der Waals surface area contributed by atoms with Crippen molar-refractivity contribution in [3.05, 3.63) is 35.4 Å². The van der Waals surface area contributed by atoms with Crippen molar-refractivity contribution in [2.24, 2.45) is 5.41 Å². The molecule has 0 amide bonds. The van der Waals surface area contributed by atoms with Gasteiger partial charge in [-0.2, -0.15) is 0 Å². The fourth-order valence-corrected chi connectivity index (χ4v) is 2.79. The number of rotatable bonds is 6. The molecule has 0 aromatic heterocycles. The van der Waals surface area contributed by atoms with E-state index in [2.05, 4.69) is 43.4 Å². The van der Waals surface area contributed by atoms with Gasteiger partial charge in [0.1, 0.15) is 0 Å². The van der Waals surface area contributed by atoms with Crippen LogP contribution in [0.2, 0.25) is 0 Å². The Morgan fingerprint density at radius 2 is 1.84 bits per heavy atom. The molecule has 0 saturated carbocycles. The summed E-state index contributed by atoms with van der Waals surface area (Å²) in [6, 6.07) is 8.92. The van der Waals surface area contributed by atoms with E-state index in [1.54, 1.807) is 0 Å². The summed E-state index contributed by atoms with van der Waals surface area (Å²) in [6.07, 6.45) is 1.16. The van der Waals surface area contributed by atoms with Crippen LogP contribution in [-0.2, 0) is 4.74 Å². The molecule has 0 radical (unpaired) electrons. The van der Waals surface area contributed by atoms with E-state index in [0.717, 1.165) is 6.42 Å². The lowest BCUT2D eigenvalue weighted by molar-refractivity contribution is -0.155. The first-order chi connectivity index (χ1) is 9.16. The van der Waals surface area contributed by atoms with E-state index < -0.39 is 0 Å². The van der Waals surface area contributed by atoms with Crippen LogP contribution in [0, 0.1) is 5.41 Å². The third-order valence-electron chi connectivity index (χ3n) is 4.45. The predicted molar refractivity (Wildman–Crippen MR) is 77.3 cm³/mol. The highest BCUT2D eigenvalue weighted by Gasteiger charge is 2.45. The number of aliphatic hydroxyl groups excluding tert-OH is 1. The van der Waals surface area contributed by atoms with Gasteiger partial charge in [0.2, 0.25) is 0 Å². The third kappa shape index (κ3) is 2.69. The molecule has 1 aromatic carbocycles. The van der Waals surface area contributed by atoms with Gasteiger partial charge in [0.05, 0.1) is 25.2 Å². The second-order valence-electron chi connectivity index (χ2n) is 5.71. The van der Waals surface area contributed by atoms with Gasteiger partial charge in [-0.1, -0.05) is 38.1 Å². The minimum atomic E-state index is -0.160. The molecule has 2 unspecified atom stereocenters. The number of ether oxygens (including phenoxy) is 1. The summed E-state index contributed by atoms with van der Waals surface area (Å²) in [4.78, 5) is 0. The van der Waals surface area contributed by atoms with Gasteiger partial charge in [-0.05, 0) is 30.5 Å². The maximum absolute atomic E-state index is 9.66. The van der Waals surface area contributed by atoms with Gasteiger partial charge in [0, 0.05) is 6.04 Å². The summed E-state index contributed by atoms with van der Waals surface area (Å²) in [5.41, 5.74) is 2.45. The lowest BCUT2D eigenvalue weighted by Gasteiger charge is -2.46. The summed E-state index contributed by atoms with van der Waals surface area (Å²) in [5, 5.41) is 13.0. The summed E-state index contributed by atoms with van der Waals surface area (Å²) in [6.45, 7) is 5.87. The SMILES string of the molecule is CCC(C)c1ccc(C(NC)C2(CO)COC2)cc1. The highest BCUT2D eigenvalue weighted by atomic mass is 16.5. The quantitative estimate of drug-likeness (QED) is 0.828.